The average Bonchev–Trinajstić information content (AvgIpc) is 3.47. The molecule has 1 N–H and O–H groups in total. The van der Waals surface area contributed by atoms with E-state index in [0.717, 1.165) is 59.5 Å². The average molecular weight is 528 g/mol. The summed E-state index contributed by atoms with van der Waals surface area (Å²) in [6.45, 7) is 8.27. The molecule has 2 aromatic carbocycles. The highest BCUT2D eigenvalue weighted by Gasteiger charge is 2.33. The second-order valence-corrected chi connectivity index (χ2v) is 10.9. The van der Waals surface area contributed by atoms with Gasteiger partial charge in [0.1, 0.15) is 11.6 Å². The van der Waals surface area contributed by atoms with Gasteiger partial charge in [-0.2, -0.15) is 0 Å². The Kier molecular flexibility index (Phi) is 7.10. The maximum absolute atomic E-state index is 10.8. The number of nitrogens with zero attached hydrogens (tertiary/aromatic N) is 5. The lowest BCUT2D eigenvalue weighted by molar-refractivity contribution is -0.100. The van der Waals surface area contributed by atoms with Crippen molar-refractivity contribution in [2.75, 3.05) is 13.2 Å². The summed E-state index contributed by atoms with van der Waals surface area (Å²) >= 11 is 0. The van der Waals surface area contributed by atoms with Gasteiger partial charge in [-0.25, -0.2) is 9.67 Å². The molecule has 6 rings (SSSR count). The van der Waals surface area contributed by atoms with Gasteiger partial charge in [-0.05, 0) is 73.6 Å². The maximum atomic E-state index is 10.8. The lowest BCUT2D eigenvalue weighted by Gasteiger charge is -2.30. The van der Waals surface area contributed by atoms with Crippen molar-refractivity contribution in [1.82, 2.24) is 24.9 Å². The summed E-state index contributed by atoms with van der Waals surface area (Å²) in [4.78, 5) is 7.03. The topological polar surface area (TPSA) is 85.5 Å². The van der Waals surface area contributed by atoms with Crippen molar-refractivity contribution in [3.63, 3.8) is 0 Å². The molecule has 0 fully saturated rings. The lowest BCUT2D eigenvalue weighted by Crippen LogP contribution is -2.33. The monoisotopic (exact) mass is 527 g/mol. The summed E-state index contributed by atoms with van der Waals surface area (Å²) in [5.41, 5.74) is 9.24. The van der Waals surface area contributed by atoms with Crippen LogP contribution in [0, 0.1) is 6.92 Å². The largest absolute Gasteiger partial charge is 0.473 e. The van der Waals surface area contributed by atoms with E-state index in [1.807, 2.05) is 20.0 Å². The predicted octanol–water partition coefficient (Wildman–Crippen LogP) is 4.82. The Morgan fingerprint density at radius 1 is 1.18 bits per heavy atom. The molecule has 8 nitrogen and oxygen atoms in total. The Labute approximate surface area is 229 Å². The molecule has 4 aromatic rings. The van der Waals surface area contributed by atoms with Gasteiger partial charge >= 0.3 is 0 Å². The molecule has 8 heteroatoms. The number of hydrogen-bond acceptors (Lipinski definition) is 7. The van der Waals surface area contributed by atoms with E-state index in [4.69, 9.17) is 9.47 Å². The molecule has 1 aliphatic carbocycles. The number of benzene rings is 2. The van der Waals surface area contributed by atoms with E-state index in [9.17, 15) is 5.11 Å². The Morgan fingerprint density at radius 3 is 2.90 bits per heavy atom. The highest BCUT2D eigenvalue weighted by Crippen LogP contribution is 2.42. The summed E-state index contributed by atoms with van der Waals surface area (Å²) in [5, 5.41) is 19.4. The van der Waals surface area contributed by atoms with Gasteiger partial charge in [-0.15, -0.1) is 5.10 Å². The van der Waals surface area contributed by atoms with Crippen LogP contribution >= 0.6 is 0 Å². The molecule has 0 spiro atoms. The normalized spacial score (nSPS) is 20.7. The molecule has 0 amide bonds. The van der Waals surface area contributed by atoms with Crippen LogP contribution in [0.2, 0.25) is 0 Å². The Balaban J connectivity index is 1.38. The fraction of sp³-hybridized carbons (Fsp3) is 0.452. The van der Waals surface area contributed by atoms with E-state index >= 15 is 0 Å². The first-order chi connectivity index (χ1) is 18.9. The molecule has 1 aliphatic heterocycles. The van der Waals surface area contributed by atoms with Gasteiger partial charge in [0.2, 0.25) is 5.88 Å². The molecule has 0 saturated carbocycles. The van der Waals surface area contributed by atoms with Crippen molar-refractivity contribution in [2.45, 2.75) is 70.9 Å². The molecule has 3 heterocycles. The number of aromatic nitrogens is 4. The molecular formula is C31H37N5O3. The van der Waals surface area contributed by atoms with Gasteiger partial charge in [-0.1, -0.05) is 35.5 Å². The maximum Gasteiger partial charge on any atom is 0.218 e. The molecule has 0 bridgehead atoms. The summed E-state index contributed by atoms with van der Waals surface area (Å²) < 4.78 is 13.6. The van der Waals surface area contributed by atoms with Crippen LogP contribution in [0.15, 0.2) is 48.7 Å². The minimum absolute atomic E-state index is 0.0409. The third-order valence-corrected chi connectivity index (χ3v) is 8.34. The Hall–Kier alpha value is -3.33. The van der Waals surface area contributed by atoms with E-state index in [-0.39, 0.29) is 12.0 Å². The van der Waals surface area contributed by atoms with Crippen LogP contribution in [0.4, 0.5) is 0 Å². The van der Waals surface area contributed by atoms with Crippen LogP contribution in [-0.4, -0.2) is 55.5 Å². The number of ether oxygens (including phenoxy) is 2. The second-order valence-electron chi connectivity index (χ2n) is 10.9. The van der Waals surface area contributed by atoms with Gasteiger partial charge in [0.05, 0.1) is 5.52 Å². The fourth-order valence-electron chi connectivity index (χ4n) is 6.46. The summed E-state index contributed by atoms with van der Waals surface area (Å²) in [5.74, 6) is 0.708. The lowest BCUT2D eigenvalue weighted by atomic mass is 9.84. The summed E-state index contributed by atoms with van der Waals surface area (Å²) in [6, 6.07) is 15.5. The van der Waals surface area contributed by atoms with Gasteiger partial charge in [0, 0.05) is 56.9 Å². The molecule has 0 radical (unpaired) electrons. The zero-order valence-electron chi connectivity index (χ0n) is 23.2. The molecule has 2 aliphatic rings. The van der Waals surface area contributed by atoms with Crippen molar-refractivity contribution < 1.29 is 14.6 Å². The van der Waals surface area contributed by atoms with E-state index in [0.29, 0.717) is 19.1 Å². The predicted molar refractivity (Wildman–Crippen MR) is 150 cm³/mol. The molecule has 2 aromatic heterocycles. The zero-order chi connectivity index (χ0) is 27.1. The summed E-state index contributed by atoms with van der Waals surface area (Å²) in [6.07, 6.45) is 3.62. The van der Waals surface area contributed by atoms with Gasteiger partial charge < -0.3 is 14.6 Å². The highest BCUT2D eigenvalue weighted by atomic mass is 16.6. The van der Waals surface area contributed by atoms with Crippen molar-refractivity contribution >= 4 is 11.0 Å². The summed E-state index contributed by atoms with van der Waals surface area (Å²) in [7, 11) is 1.91. The molecule has 39 heavy (non-hydrogen) atoms. The van der Waals surface area contributed by atoms with E-state index in [2.05, 4.69) is 70.4 Å². The van der Waals surface area contributed by atoms with E-state index in [1.165, 1.54) is 16.7 Å². The van der Waals surface area contributed by atoms with Crippen LogP contribution in [-0.2, 0) is 24.8 Å². The number of fused-ring (bicyclic) bond motifs is 3. The number of aliphatic hydroxyl groups excluding tert-OH is 1. The Bertz CT molecular complexity index is 1480. The first-order valence-corrected chi connectivity index (χ1v) is 14.0. The molecule has 0 saturated heterocycles. The fourth-order valence-corrected chi connectivity index (χ4v) is 6.46. The SMILES string of the molecule is CCOC(O)CC(c1ccc2c(c1)C(N1Cc3cccnc3O[C@H](C)C1)CC2)c1ccc2c(nnn2C)c1C. The standard InChI is InChI=1S/C31H37N5O3/c1-5-38-29(37)16-25(24-11-13-28-30(20(24)3)33-34-35(28)4)22-9-8-21-10-12-27(26(21)15-22)36-17-19(2)39-31-23(18-36)7-6-14-32-31/h6-9,11,13-15,19,25,27,29,37H,5,10,12,16-18H2,1-4H3/t19-,25?,27?,29?/m1/s1. The van der Waals surface area contributed by atoms with Crippen LogP contribution in [0.25, 0.3) is 11.0 Å². The number of aliphatic hydroxyl groups is 1. The minimum Gasteiger partial charge on any atom is -0.473 e. The first kappa shape index (κ1) is 25.9. The van der Waals surface area contributed by atoms with E-state index < -0.39 is 6.29 Å². The zero-order valence-corrected chi connectivity index (χ0v) is 23.2. The molecule has 4 atom stereocenters. The van der Waals surface area contributed by atoms with E-state index in [1.54, 1.807) is 10.9 Å². The van der Waals surface area contributed by atoms with Gasteiger partial charge in [0.15, 0.2) is 6.29 Å². The third kappa shape index (κ3) is 4.93. The van der Waals surface area contributed by atoms with Gasteiger partial charge in [-0.3, -0.25) is 4.90 Å². The smallest absolute Gasteiger partial charge is 0.218 e. The highest BCUT2D eigenvalue weighted by molar-refractivity contribution is 5.79. The Morgan fingerprint density at radius 2 is 2.05 bits per heavy atom. The van der Waals surface area contributed by atoms with Crippen molar-refractivity contribution in [3.05, 3.63) is 82.0 Å². The molecule has 3 unspecified atom stereocenters. The number of pyridine rings is 1. The van der Waals surface area contributed by atoms with Gasteiger partial charge in [0.25, 0.3) is 0 Å². The number of hydrogen-bond donors (Lipinski definition) is 1. The van der Waals surface area contributed by atoms with Crippen LogP contribution in [0.1, 0.15) is 72.0 Å². The third-order valence-electron chi connectivity index (χ3n) is 8.34. The van der Waals surface area contributed by atoms with Crippen molar-refractivity contribution in [2.24, 2.45) is 7.05 Å². The van der Waals surface area contributed by atoms with Crippen LogP contribution in [0.5, 0.6) is 5.88 Å². The number of rotatable bonds is 7. The first-order valence-electron chi connectivity index (χ1n) is 14.0. The quantitative estimate of drug-likeness (QED) is 0.345. The number of aryl methyl sites for hydroxylation is 3. The second kappa shape index (κ2) is 10.7. The minimum atomic E-state index is -0.853. The van der Waals surface area contributed by atoms with Crippen molar-refractivity contribution in [1.29, 1.82) is 0 Å². The molecule has 204 valence electrons. The van der Waals surface area contributed by atoms with Crippen LogP contribution < -0.4 is 4.74 Å². The van der Waals surface area contributed by atoms with Crippen molar-refractivity contribution in [3.8, 4) is 5.88 Å². The molecular weight excluding hydrogens is 490 g/mol. The van der Waals surface area contributed by atoms with Crippen LogP contribution in [0.3, 0.4) is 0 Å².